The van der Waals surface area contributed by atoms with Crippen LogP contribution >= 0.6 is 0 Å². The van der Waals surface area contributed by atoms with E-state index in [1.807, 2.05) is 6.92 Å². The number of aliphatic hydroxyl groups excluding tert-OH is 1. The lowest BCUT2D eigenvalue weighted by Gasteiger charge is -2.13. The number of hydrogen-bond donors (Lipinski definition) is 3. The first-order valence-electron chi connectivity index (χ1n) is 5.24. The van der Waals surface area contributed by atoms with Crippen molar-refractivity contribution in [2.45, 2.75) is 31.5 Å². The van der Waals surface area contributed by atoms with Gasteiger partial charge in [0.25, 0.3) is 10.0 Å². The standard InChI is InChI=1S/C9H17N3O4S/c1-3-16-6-7(2)12-17(14,15)9-8(5-13)4-10-11-9/h4,7,12-13H,3,5-6H2,1-2H3,(H,10,11). The lowest BCUT2D eigenvalue weighted by Crippen LogP contribution is -2.36. The summed E-state index contributed by atoms with van der Waals surface area (Å²) in [7, 11) is -3.70. The second kappa shape index (κ2) is 6.10. The predicted molar refractivity (Wildman–Crippen MR) is 60.8 cm³/mol. The number of rotatable bonds is 7. The Hall–Kier alpha value is -0.960. The van der Waals surface area contributed by atoms with Crippen molar-refractivity contribution in [3.05, 3.63) is 11.8 Å². The van der Waals surface area contributed by atoms with Gasteiger partial charge >= 0.3 is 0 Å². The van der Waals surface area contributed by atoms with E-state index in [-0.39, 0.29) is 23.2 Å². The molecule has 0 spiro atoms. The highest BCUT2D eigenvalue weighted by Gasteiger charge is 2.22. The van der Waals surface area contributed by atoms with E-state index < -0.39 is 10.0 Å². The van der Waals surface area contributed by atoms with E-state index in [4.69, 9.17) is 9.84 Å². The number of hydrogen-bond acceptors (Lipinski definition) is 5. The monoisotopic (exact) mass is 263 g/mol. The van der Waals surface area contributed by atoms with Crippen molar-refractivity contribution in [3.63, 3.8) is 0 Å². The average Bonchev–Trinajstić information content (AvgIpc) is 2.74. The van der Waals surface area contributed by atoms with E-state index in [1.165, 1.54) is 6.20 Å². The highest BCUT2D eigenvalue weighted by atomic mass is 32.2. The summed E-state index contributed by atoms with van der Waals surface area (Å²) in [6, 6.07) is -0.352. The molecule has 1 heterocycles. The minimum Gasteiger partial charge on any atom is -0.392 e. The molecule has 0 amide bonds. The molecule has 3 N–H and O–H groups in total. The molecule has 1 rings (SSSR count). The average molecular weight is 263 g/mol. The topological polar surface area (TPSA) is 104 Å². The van der Waals surface area contributed by atoms with Crippen molar-refractivity contribution >= 4 is 10.0 Å². The zero-order valence-corrected chi connectivity index (χ0v) is 10.6. The summed E-state index contributed by atoms with van der Waals surface area (Å²) < 4.78 is 31.3. The van der Waals surface area contributed by atoms with Crippen molar-refractivity contribution in [2.24, 2.45) is 0 Å². The Morgan fingerprint density at radius 3 is 2.94 bits per heavy atom. The maximum Gasteiger partial charge on any atom is 0.258 e. The first-order chi connectivity index (χ1) is 8.01. The van der Waals surface area contributed by atoms with Gasteiger partial charge in [-0.15, -0.1) is 0 Å². The number of nitrogens with zero attached hydrogens (tertiary/aromatic N) is 1. The lowest BCUT2D eigenvalue weighted by molar-refractivity contribution is 0.133. The van der Waals surface area contributed by atoms with Gasteiger partial charge in [-0.1, -0.05) is 0 Å². The largest absolute Gasteiger partial charge is 0.392 e. The Labute approximate surface area is 100 Å². The molecular weight excluding hydrogens is 246 g/mol. The summed E-state index contributed by atoms with van der Waals surface area (Å²) in [5, 5.41) is 14.8. The van der Waals surface area contributed by atoms with Crippen LogP contribution in [0.1, 0.15) is 19.4 Å². The molecule has 7 nitrogen and oxygen atoms in total. The molecule has 0 fully saturated rings. The van der Waals surface area contributed by atoms with E-state index in [0.29, 0.717) is 13.2 Å². The summed E-state index contributed by atoms with van der Waals surface area (Å²) in [5.41, 5.74) is 0.237. The summed E-state index contributed by atoms with van der Waals surface area (Å²) in [6.07, 6.45) is 1.28. The van der Waals surface area contributed by atoms with Crippen LogP contribution in [0.5, 0.6) is 0 Å². The molecule has 0 saturated heterocycles. The molecule has 17 heavy (non-hydrogen) atoms. The third kappa shape index (κ3) is 3.77. The number of aromatic amines is 1. The first-order valence-corrected chi connectivity index (χ1v) is 6.72. The van der Waals surface area contributed by atoms with Crippen molar-refractivity contribution in [3.8, 4) is 0 Å². The molecule has 0 aliphatic carbocycles. The van der Waals surface area contributed by atoms with Crippen LogP contribution in [0.4, 0.5) is 0 Å². The van der Waals surface area contributed by atoms with Crippen molar-refractivity contribution in [1.82, 2.24) is 14.9 Å². The third-order valence-electron chi connectivity index (χ3n) is 2.05. The molecule has 1 atom stereocenters. The number of nitrogens with one attached hydrogen (secondary N) is 2. The maximum absolute atomic E-state index is 11.9. The highest BCUT2D eigenvalue weighted by molar-refractivity contribution is 7.89. The summed E-state index contributed by atoms with van der Waals surface area (Å²) >= 11 is 0. The second-order valence-electron chi connectivity index (χ2n) is 3.56. The van der Waals surface area contributed by atoms with E-state index in [9.17, 15) is 8.42 Å². The van der Waals surface area contributed by atoms with Crippen molar-refractivity contribution < 1.29 is 18.3 Å². The molecule has 0 bridgehead atoms. The van der Waals surface area contributed by atoms with E-state index in [2.05, 4.69) is 14.9 Å². The van der Waals surface area contributed by atoms with Gasteiger partial charge < -0.3 is 9.84 Å². The van der Waals surface area contributed by atoms with Crippen LogP contribution in [0.2, 0.25) is 0 Å². The minimum atomic E-state index is -3.70. The molecule has 1 aromatic heterocycles. The van der Waals surface area contributed by atoms with Gasteiger partial charge in [-0.2, -0.15) is 5.10 Å². The molecule has 0 aromatic carbocycles. The van der Waals surface area contributed by atoms with Crippen LogP contribution in [0.3, 0.4) is 0 Å². The molecule has 1 aromatic rings. The summed E-state index contributed by atoms with van der Waals surface area (Å²) in [5.74, 6) is 0. The minimum absolute atomic E-state index is 0.108. The van der Waals surface area contributed by atoms with Crippen LogP contribution in [0, 0.1) is 0 Å². The van der Waals surface area contributed by atoms with Crippen LogP contribution in [-0.2, 0) is 21.4 Å². The fourth-order valence-electron chi connectivity index (χ4n) is 1.30. The Bertz CT molecular complexity index is 443. The molecule has 0 aliphatic rings. The number of sulfonamides is 1. The number of aliphatic hydroxyl groups is 1. The van der Waals surface area contributed by atoms with Gasteiger partial charge in [-0.25, -0.2) is 13.1 Å². The van der Waals surface area contributed by atoms with Gasteiger partial charge in [0.05, 0.1) is 19.4 Å². The molecule has 1 unspecified atom stereocenters. The van der Waals surface area contributed by atoms with Crippen LogP contribution in [0.25, 0.3) is 0 Å². The Morgan fingerprint density at radius 2 is 2.35 bits per heavy atom. The first kappa shape index (κ1) is 14.1. The zero-order valence-electron chi connectivity index (χ0n) is 9.80. The van der Waals surface area contributed by atoms with Gasteiger partial charge in [0, 0.05) is 18.2 Å². The summed E-state index contributed by atoms with van der Waals surface area (Å²) in [4.78, 5) is 0. The van der Waals surface area contributed by atoms with Gasteiger partial charge in [-0.3, -0.25) is 5.10 Å². The van der Waals surface area contributed by atoms with Crippen LogP contribution in [0.15, 0.2) is 11.2 Å². The number of aromatic nitrogens is 2. The molecule has 0 radical (unpaired) electrons. The quantitative estimate of drug-likeness (QED) is 0.621. The van der Waals surface area contributed by atoms with Crippen molar-refractivity contribution in [1.29, 1.82) is 0 Å². The molecule has 98 valence electrons. The Kier molecular flexibility index (Phi) is 5.06. The molecule has 0 saturated carbocycles. The predicted octanol–water partition coefficient (Wildman–Crippen LogP) is -0.395. The fourth-order valence-corrected chi connectivity index (χ4v) is 2.65. The highest BCUT2D eigenvalue weighted by Crippen LogP contribution is 2.11. The Balaban J connectivity index is 2.75. The van der Waals surface area contributed by atoms with E-state index in [0.717, 1.165) is 0 Å². The zero-order chi connectivity index (χ0) is 12.9. The number of H-pyrrole nitrogens is 1. The van der Waals surface area contributed by atoms with Crippen LogP contribution < -0.4 is 4.72 Å². The third-order valence-corrected chi connectivity index (χ3v) is 3.65. The fraction of sp³-hybridized carbons (Fsp3) is 0.667. The Morgan fingerprint density at radius 1 is 1.65 bits per heavy atom. The van der Waals surface area contributed by atoms with Crippen LogP contribution in [-0.4, -0.2) is 43.0 Å². The van der Waals surface area contributed by atoms with Crippen molar-refractivity contribution in [2.75, 3.05) is 13.2 Å². The van der Waals surface area contributed by atoms with Gasteiger partial charge in [0.1, 0.15) is 0 Å². The SMILES string of the molecule is CCOCC(C)NS(=O)(=O)c1[nH]ncc1CO. The smallest absolute Gasteiger partial charge is 0.258 e. The molecular formula is C9H17N3O4S. The summed E-state index contributed by atoms with van der Waals surface area (Å²) in [6.45, 7) is 3.96. The van der Waals surface area contributed by atoms with Gasteiger partial charge in [-0.05, 0) is 13.8 Å². The molecule has 8 heteroatoms. The van der Waals surface area contributed by atoms with Gasteiger partial charge in [0.2, 0.25) is 0 Å². The second-order valence-corrected chi connectivity index (χ2v) is 5.22. The molecule has 0 aliphatic heterocycles. The van der Waals surface area contributed by atoms with E-state index >= 15 is 0 Å². The van der Waals surface area contributed by atoms with E-state index in [1.54, 1.807) is 6.92 Å². The maximum atomic E-state index is 11.9. The number of ether oxygens (including phenoxy) is 1. The van der Waals surface area contributed by atoms with Gasteiger partial charge in [0.15, 0.2) is 5.03 Å². The lowest BCUT2D eigenvalue weighted by atomic mass is 10.4. The normalized spacial score (nSPS) is 13.8.